The molecule has 1 aromatic rings. The molecule has 1 N–H and O–H groups in total. The van der Waals surface area contributed by atoms with Crippen molar-refractivity contribution >= 4 is 17.9 Å². The van der Waals surface area contributed by atoms with Crippen molar-refractivity contribution in [3.63, 3.8) is 0 Å². The van der Waals surface area contributed by atoms with Crippen LogP contribution in [0.3, 0.4) is 0 Å². The van der Waals surface area contributed by atoms with E-state index in [2.05, 4.69) is 12.2 Å². The van der Waals surface area contributed by atoms with Crippen LogP contribution < -0.4 is 5.32 Å². The van der Waals surface area contributed by atoms with Gasteiger partial charge in [-0.2, -0.15) is 0 Å². The lowest BCUT2D eigenvalue weighted by Gasteiger charge is -2.05. The molecular formula is C15H20NO2. The van der Waals surface area contributed by atoms with Crippen LogP contribution in [-0.4, -0.2) is 12.2 Å². The van der Waals surface area contributed by atoms with Gasteiger partial charge in [-0.25, -0.2) is 0 Å². The minimum atomic E-state index is 0.0364. The van der Waals surface area contributed by atoms with E-state index in [1.807, 2.05) is 0 Å². The third-order valence-corrected chi connectivity index (χ3v) is 2.79. The first-order valence-electron chi connectivity index (χ1n) is 6.54. The fourth-order valence-electron chi connectivity index (χ4n) is 1.73. The van der Waals surface area contributed by atoms with Gasteiger partial charge in [0.25, 0.3) is 0 Å². The maximum absolute atomic E-state index is 11.6. The zero-order valence-electron chi connectivity index (χ0n) is 10.9. The fraction of sp³-hybridized carbons (Fsp3) is 0.467. The number of nitrogens with one attached hydrogen (secondary N) is 1. The highest BCUT2D eigenvalue weighted by Gasteiger charge is 2.02. The predicted molar refractivity (Wildman–Crippen MR) is 73.2 cm³/mol. The topological polar surface area (TPSA) is 46.2 Å². The van der Waals surface area contributed by atoms with Gasteiger partial charge in [0.2, 0.25) is 12.2 Å². The number of rotatable bonds is 8. The molecular weight excluding hydrogens is 226 g/mol. The third-order valence-electron chi connectivity index (χ3n) is 2.79. The van der Waals surface area contributed by atoms with Crippen molar-refractivity contribution < 1.29 is 9.59 Å². The normalized spacial score (nSPS) is 10.1. The first kappa shape index (κ1) is 14.4. The highest BCUT2D eigenvalue weighted by Crippen LogP contribution is 2.10. The van der Waals surface area contributed by atoms with Crippen LogP contribution in [0, 0.1) is 0 Å². The van der Waals surface area contributed by atoms with Gasteiger partial charge < -0.3 is 5.32 Å². The molecule has 0 atom stereocenters. The van der Waals surface area contributed by atoms with Crippen molar-refractivity contribution in [3.05, 3.63) is 29.8 Å². The van der Waals surface area contributed by atoms with Crippen LogP contribution in [0.15, 0.2) is 24.3 Å². The summed E-state index contributed by atoms with van der Waals surface area (Å²) in [5.74, 6) is 0.0364. The molecule has 0 aliphatic rings. The molecule has 0 aromatic heterocycles. The van der Waals surface area contributed by atoms with E-state index >= 15 is 0 Å². The third kappa shape index (κ3) is 5.62. The second-order valence-corrected chi connectivity index (χ2v) is 4.39. The first-order chi connectivity index (χ1) is 8.76. The van der Waals surface area contributed by atoms with Gasteiger partial charge >= 0.3 is 0 Å². The minimum absolute atomic E-state index is 0.0364. The summed E-state index contributed by atoms with van der Waals surface area (Å²) in [6.45, 7) is 2.17. The molecule has 0 aliphatic carbocycles. The molecule has 18 heavy (non-hydrogen) atoms. The van der Waals surface area contributed by atoms with Crippen LogP contribution >= 0.6 is 0 Å². The minimum Gasteiger partial charge on any atom is -0.326 e. The summed E-state index contributed by atoms with van der Waals surface area (Å²) in [5.41, 5.74) is 1.22. The molecule has 0 spiro atoms. The summed E-state index contributed by atoms with van der Waals surface area (Å²) in [6.07, 6.45) is 8.07. The highest BCUT2D eigenvalue weighted by molar-refractivity contribution is 5.91. The Morgan fingerprint density at radius 2 is 1.78 bits per heavy atom. The van der Waals surface area contributed by atoms with Gasteiger partial charge in [0.05, 0.1) is 0 Å². The Morgan fingerprint density at radius 1 is 1.11 bits per heavy atom. The van der Waals surface area contributed by atoms with E-state index in [0.29, 0.717) is 12.0 Å². The molecule has 0 unspecified atom stereocenters. The molecule has 0 saturated heterocycles. The first-order valence-corrected chi connectivity index (χ1v) is 6.54. The summed E-state index contributed by atoms with van der Waals surface area (Å²) < 4.78 is 0. The number of carbonyl (C=O) groups is 1. The van der Waals surface area contributed by atoms with Gasteiger partial charge in [0.15, 0.2) is 0 Å². The molecule has 0 heterocycles. The SMILES string of the molecule is CCCCCCCC(=O)Nc1ccc([C]=O)cc1. The summed E-state index contributed by atoms with van der Waals surface area (Å²) in [6, 6.07) is 6.72. The van der Waals surface area contributed by atoms with E-state index in [1.165, 1.54) is 19.3 Å². The second kappa shape index (κ2) is 8.45. The Labute approximate surface area is 109 Å². The molecule has 0 bridgehead atoms. The molecule has 1 rings (SSSR count). The lowest BCUT2D eigenvalue weighted by Crippen LogP contribution is -2.10. The lowest BCUT2D eigenvalue weighted by atomic mass is 10.1. The number of hydrogen-bond donors (Lipinski definition) is 1. The summed E-state index contributed by atoms with van der Waals surface area (Å²) in [4.78, 5) is 22.0. The van der Waals surface area contributed by atoms with Crippen molar-refractivity contribution in [3.8, 4) is 0 Å². The van der Waals surface area contributed by atoms with Gasteiger partial charge in [-0.05, 0) is 30.7 Å². The number of unbranched alkanes of at least 4 members (excludes halogenated alkanes) is 4. The van der Waals surface area contributed by atoms with Crippen molar-refractivity contribution in [1.82, 2.24) is 0 Å². The zero-order chi connectivity index (χ0) is 13.2. The molecule has 0 aliphatic heterocycles. The van der Waals surface area contributed by atoms with Crippen molar-refractivity contribution in [2.45, 2.75) is 45.4 Å². The van der Waals surface area contributed by atoms with E-state index in [0.717, 1.165) is 18.5 Å². The largest absolute Gasteiger partial charge is 0.326 e. The number of hydrogen-bond acceptors (Lipinski definition) is 2. The number of benzene rings is 1. The molecule has 1 amide bonds. The number of anilines is 1. The molecule has 97 valence electrons. The smallest absolute Gasteiger partial charge is 0.233 e. The molecule has 3 heteroatoms. The maximum Gasteiger partial charge on any atom is 0.233 e. The van der Waals surface area contributed by atoms with Gasteiger partial charge in [-0.15, -0.1) is 0 Å². The van der Waals surface area contributed by atoms with Crippen LogP contribution in [-0.2, 0) is 9.59 Å². The van der Waals surface area contributed by atoms with Gasteiger partial charge in [0.1, 0.15) is 0 Å². The van der Waals surface area contributed by atoms with E-state index in [4.69, 9.17) is 0 Å². The highest BCUT2D eigenvalue weighted by atomic mass is 16.1. The van der Waals surface area contributed by atoms with Gasteiger partial charge in [0, 0.05) is 17.7 Å². The Balaban J connectivity index is 2.24. The molecule has 1 aromatic carbocycles. The lowest BCUT2D eigenvalue weighted by molar-refractivity contribution is -0.116. The molecule has 0 fully saturated rings. The van der Waals surface area contributed by atoms with E-state index < -0.39 is 0 Å². The average Bonchev–Trinajstić information content (AvgIpc) is 2.39. The molecule has 1 radical (unpaired) electrons. The monoisotopic (exact) mass is 246 g/mol. The Kier molecular flexibility index (Phi) is 6.77. The molecule has 3 nitrogen and oxygen atoms in total. The van der Waals surface area contributed by atoms with Gasteiger partial charge in [-0.3, -0.25) is 9.59 Å². The fourth-order valence-corrected chi connectivity index (χ4v) is 1.73. The van der Waals surface area contributed by atoms with E-state index in [9.17, 15) is 9.59 Å². The van der Waals surface area contributed by atoms with Crippen LogP contribution in [0.1, 0.15) is 51.0 Å². The Hall–Kier alpha value is -1.64. The summed E-state index contributed by atoms with van der Waals surface area (Å²) in [5, 5.41) is 2.82. The van der Waals surface area contributed by atoms with Crippen molar-refractivity contribution in [2.24, 2.45) is 0 Å². The second-order valence-electron chi connectivity index (χ2n) is 4.39. The van der Waals surface area contributed by atoms with Crippen molar-refractivity contribution in [1.29, 1.82) is 0 Å². The summed E-state index contributed by atoms with van der Waals surface area (Å²) in [7, 11) is 0. The maximum atomic E-state index is 11.6. The predicted octanol–water partition coefficient (Wildman–Crippen LogP) is 3.44. The number of amides is 1. The van der Waals surface area contributed by atoms with Crippen LogP contribution in [0.25, 0.3) is 0 Å². The summed E-state index contributed by atoms with van der Waals surface area (Å²) >= 11 is 0. The van der Waals surface area contributed by atoms with E-state index in [-0.39, 0.29) is 5.91 Å². The van der Waals surface area contributed by atoms with Crippen molar-refractivity contribution in [2.75, 3.05) is 5.32 Å². The van der Waals surface area contributed by atoms with Crippen LogP contribution in [0.5, 0.6) is 0 Å². The standard InChI is InChI=1S/C15H20NO2/c1-2-3-4-5-6-7-15(18)16-14-10-8-13(12-17)9-11-14/h8-11H,2-7H2,1H3,(H,16,18). The van der Waals surface area contributed by atoms with E-state index in [1.54, 1.807) is 30.6 Å². The molecule has 0 saturated carbocycles. The van der Waals surface area contributed by atoms with Crippen LogP contribution in [0.2, 0.25) is 0 Å². The average molecular weight is 246 g/mol. The Bertz CT molecular complexity index is 371. The van der Waals surface area contributed by atoms with Crippen LogP contribution in [0.4, 0.5) is 5.69 Å². The Morgan fingerprint density at radius 3 is 2.39 bits per heavy atom. The quantitative estimate of drug-likeness (QED) is 0.714. The number of carbonyl (C=O) groups excluding carboxylic acids is 2. The zero-order valence-corrected chi connectivity index (χ0v) is 10.9. The van der Waals surface area contributed by atoms with Gasteiger partial charge in [-0.1, -0.05) is 32.6 Å².